The third kappa shape index (κ3) is 2.60. The van der Waals surface area contributed by atoms with Crippen molar-refractivity contribution < 1.29 is 0 Å². The molecule has 0 saturated carbocycles. The molecule has 1 radical (unpaired) electrons. The Morgan fingerprint density at radius 1 is 1.00 bits per heavy atom. The fraction of sp³-hybridized carbons (Fsp3) is 0.214. The molecule has 2 rings (SSSR count). The molecule has 0 unspecified atom stereocenters. The Morgan fingerprint density at radius 2 is 1.73 bits per heavy atom. The summed E-state index contributed by atoms with van der Waals surface area (Å²) in [5.74, 6) is 0. The Bertz CT molecular complexity index is 460. The number of rotatable bonds is 3. The maximum absolute atomic E-state index is 3.87. The molecule has 0 bridgehead atoms. The second-order valence-corrected chi connectivity index (χ2v) is 4.70. The molecule has 0 aliphatic rings. The van der Waals surface area contributed by atoms with Gasteiger partial charge in [-0.25, -0.2) is 0 Å². The molecule has 0 amide bonds. The summed E-state index contributed by atoms with van der Waals surface area (Å²) in [7, 11) is 0. The van der Waals surface area contributed by atoms with Crippen LogP contribution in [0, 0.1) is 6.92 Å². The van der Waals surface area contributed by atoms with Crippen LogP contribution < -0.4 is 0 Å². The van der Waals surface area contributed by atoms with Crippen molar-refractivity contribution in [2.24, 2.45) is 0 Å². The van der Waals surface area contributed by atoms with Crippen molar-refractivity contribution in [3.05, 3.63) is 53.4 Å². The highest BCUT2D eigenvalue weighted by Gasteiger charge is 1.97. The van der Waals surface area contributed by atoms with Crippen LogP contribution in [0.5, 0.6) is 0 Å². The van der Waals surface area contributed by atoms with Gasteiger partial charge in [0.2, 0.25) is 0 Å². The first-order chi connectivity index (χ1) is 7.29. The zero-order valence-electron chi connectivity index (χ0n) is 8.67. The van der Waals surface area contributed by atoms with E-state index in [-0.39, 0.29) is 0 Å². The largest absolute Gasteiger partial charge is 0.0584 e. The van der Waals surface area contributed by atoms with Gasteiger partial charge in [-0.1, -0.05) is 53.5 Å². The summed E-state index contributed by atoms with van der Waals surface area (Å²) in [6, 6.07) is 13.1. The van der Waals surface area contributed by atoms with E-state index >= 15 is 0 Å². The van der Waals surface area contributed by atoms with Gasteiger partial charge in [-0.2, -0.15) is 0 Å². The van der Waals surface area contributed by atoms with Gasteiger partial charge in [0.1, 0.15) is 0 Å². The lowest BCUT2D eigenvalue weighted by Gasteiger charge is -2.03. The molecular weight excluding hydrogens is 248 g/mol. The van der Waals surface area contributed by atoms with E-state index in [0.717, 1.165) is 17.3 Å². The molecule has 0 fully saturated rings. The van der Waals surface area contributed by atoms with Crippen molar-refractivity contribution >= 4 is 26.7 Å². The lowest BCUT2D eigenvalue weighted by Crippen LogP contribution is -1.84. The predicted octanol–water partition coefficient (Wildman–Crippen LogP) is 4.76. The lowest BCUT2D eigenvalue weighted by molar-refractivity contribution is 0.842. The van der Waals surface area contributed by atoms with Crippen molar-refractivity contribution in [3.8, 4) is 0 Å². The number of hydrogen-bond acceptors (Lipinski definition) is 0. The van der Waals surface area contributed by atoms with E-state index in [9.17, 15) is 0 Å². The van der Waals surface area contributed by atoms with Crippen molar-refractivity contribution in [1.82, 2.24) is 0 Å². The monoisotopic (exact) mass is 261 g/mol. The van der Waals surface area contributed by atoms with Crippen LogP contribution in [0.3, 0.4) is 0 Å². The van der Waals surface area contributed by atoms with Gasteiger partial charge in [-0.05, 0) is 41.3 Å². The van der Waals surface area contributed by atoms with E-state index in [2.05, 4.69) is 59.3 Å². The van der Waals surface area contributed by atoms with Crippen molar-refractivity contribution in [2.75, 3.05) is 0 Å². The minimum absolute atomic E-state index is 1.01. The second kappa shape index (κ2) is 4.80. The molecule has 0 nitrogen and oxygen atoms in total. The van der Waals surface area contributed by atoms with Gasteiger partial charge in [0.25, 0.3) is 0 Å². The zero-order valence-corrected chi connectivity index (χ0v) is 10.3. The van der Waals surface area contributed by atoms with E-state index in [0.29, 0.717) is 0 Å². The quantitative estimate of drug-likeness (QED) is 0.748. The molecular formula is C14H14Br. The van der Waals surface area contributed by atoms with Crippen LogP contribution >= 0.6 is 15.9 Å². The average Bonchev–Trinajstić information content (AvgIpc) is 2.26. The van der Waals surface area contributed by atoms with Crippen LogP contribution in [0.1, 0.15) is 18.4 Å². The van der Waals surface area contributed by atoms with Crippen molar-refractivity contribution in [2.45, 2.75) is 19.3 Å². The summed E-state index contributed by atoms with van der Waals surface area (Å²) in [4.78, 5) is 0. The normalized spacial score (nSPS) is 10.8. The first kappa shape index (κ1) is 10.7. The van der Waals surface area contributed by atoms with Gasteiger partial charge in [-0.3, -0.25) is 0 Å². The minimum atomic E-state index is 1.01. The molecule has 0 atom stereocenters. The number of hydrogen-bond donors (Lipinski definition) is 0. The lowest BCUT2D eigenvalue weighted by atomic mass is 10.0. The minimum Gasteiger partial charge on any atom is -0.0584 e. The summed E-state index contributed by atoms with van der Waals surface area (Å²) in [5.41, 5.74) is 1.41. The van der Waals surface area contributed by atoms with Crippen LogP contribution in [-0.2, 0) is 6.42 Å². The van der Waals surface area contributed by atoms with E-state index in [4.69, 9.17) is 0 Å². The Labute approximate surface area is 99.4 Å². The van der Waals surface area contributed by atoms with Gasteiger partial charge >= 0.3 is 0 Å². The molecule has 0 N–H and O–H groups in total. The average molecular weight is 262 g/mol. The van der Waals surface area contributed by atoms with E-state index in [1.54, 1.807) is 0 Å². The number of unbranched alkanes of at least 4 members (excludes halogenated alkanes) is 1. The molecule has 0 aromatic heterocycles. The van der Waals surface area contributed by atoms with Gasteiger partial charge < -0.3 is 0 Å². The summed E-state index contributed by atoms with van der Waals surface area (Å²) in [5, 5.41) is 2.61. The first-order valence-electron chi connectivity index (χ1n) is 5.27. The Hall–Kier alpha value is -0.820. The molecule has 77 valence electrons. The highest BCUT2D eigenvalue weighted by atomic mass is 79.9. The Kier molecular flexibility index (Phi) is 3.42. The summed E-state index contributed by atoms with van der Waals surface area (Å²) < 4.78 is 1.14. The molecule has 0 heterocycles. The third-order valence-electron chi connectivity index (χ3n) is 2.58. The van der Waals surface area contributed by atoms with Crippen molar-refractivity contribution in [1.29, 1.82) is 0 Å². The van der Waals surface area contributed by atoms with Crippen LogP contribution in [0.2, 0.25) is 0 Å². The highest BCUT2D eigenvalue weighted by molar-refractivity contribution is 9.10. The maximum Gasteiger partial charge on any atom is 0.0181 e. The van der Waals surface area contributed by atoms with Gasteiger partial charge in [-0.15, -0.1) is 0 Å². The van der Waals surface area contributed by atoms with E-state index in [1.807, 2.05) is 0 Å². The first-order valence-corrected chi connectivity index (χ1v) is 6.06. The molecule has 0 spiro atoms. The molecule has 0 aliphatic heterocycles. The molecule has 15 heavy (non-hydrogen) atoms. The molecule has 0 saturated heterocycles. The SMILES string of the molecule is [CH2]CCCc1ccc2cc(Br)ccc2c1. The number of fused-ring (bicyclic) bond motifs is 1. The zero-order chi connectivity index (χ0) is 10.7. The van der Waals surface area contributed by atoms with Gasteiger partial charge in [0.05, 0.1) is 0 Å². The Balaban J connectivity index is 2.34. The van der Waals surface area contributed by atoms with Crippen LogP contribution in [0.15, 0.2) is 40.9 Å². The fourth-order valence-electron chi connectivity index (χ4n) is 1.75. The van der Waals surface area contributed by atoms with E-state index < -0.39 is 0 Å². The van der Waals surface area contributed by atoms with Crippen molar-refractivity contribution in [3.63, 3.8) is 0 Å². The Morgan fingerprint density at radius 3 is 2.53 bits per heavy atom. The standard InChI is InChI=1S/C14H14Br/c1-2-3-4-11-5-6-13-10-14(15)8-7-12(13)9-11/h5-10H,1-4H2. The summed E-state index contributed by atoms with van der Waals surface area (Å²) in [6.45, 7) is 3.87. The molecule has 2 aromatic carbocycles. The highest BCUT2D eigenvalue weighted by Crippen LogP contribution is 2.21. The number of benzene rings is 2. The van der Waals surface area contributed by atoms with E-state index in [1.165, 1.54) is 22.8 Å². The van der Waals surface area contributed by atoms with Gasteiger partial charge in [0, 0.05) is 4.47 Å². The third-order valence-corrected chi connectivity index (χ3v) is 3.08. The maximum atomic E-state index is 3.87. The van der Waals surface area contributed by atoms with Gasteiger partial charge in [0.15, 0.2) is 0 Å². The van der Waals surface area contributed by atoms with Crippen LogP contribution in [-0.4, -0.2) is 0 Å². The number of aryl methyl sites for hydroxylation is 1. The second-order valence-electron chi connectivity index (χ2n) is 3.78. The fourth-order valence-corrected chi connectivity index (χ4v) is 2.13. The molecule has 2 aromatic rings. The molecule has 1 heteroatoms. The summed E-state index contributed by atoms with van der Waals surface area (Å²) >= 11 is 3.48. The predicted molar refractivity (Wildman–Crippen MR) is 69.9 cm³/mol. The van der Waals surface area contributed by atoms with Crippen LogP contribution in [0.25, 0.3) is 10.8 Å². The summed E-state index contributed by atoms with van der Waals surface area (Å²) in [6.07, 6.45) is 3.32. The van der Waals surface area contributed by atoms with Crippen LogP contribution in [0.4, 0.5) is 0 Å². The molecule has 0 aliphatic carbocycles. The smallest absolute Gasteiger partial charge is 0.0181 e. The number of halogens is 1. The topological polar surface area (TPSA) is 0 Å².